The van der Waals surface area contributed by atoms with E-state index < -0.39 is 20.8 Å². The third-order valence-electron chi connectivity index (χ3n) is 3.24. The van der Waals surface area contributed by atoms with Gasteiger partial charge in [-0.2, -0.15) is 5.10 Å². The molecule has 1 unspecified atom stereocenters. The highest BCUT2D eigenvalue weighted by Crippen LogP contribution is 2.35. The van der Waals surface area contributed by atoms with Crippen LogP contribution in [0.4, 0.5) is 5.69 Å². The first-order valence-electron chi connectivity index (χ1n) is 6.33. The average Bonchev–Trinajstić information content (AvgIpc) is 2.78. The van der Waals surface area contributed by atoms with Crippen molar-refractivity contribution in [2.24, 2.45) is 5.92 Å². The fraction of sp³-hybridized carbons (Fsp3) is 0.727. The second-order valence-corrected chi connectivity index (χ2v) is 8.03. The van der Waals surface area contributed by atoms with Crippen molar-refractivity contribution in [3.63, 3.8) is 0 Å². The van der Waals surface area contributed by atoms with Crippen LogP contribution < -0.4 is 0 Å². The van der Waals surface area contributed by atoms with Crippen molar-refractivity contribution in [2.45, 2.75) is 32.7 Å². The predicted molar refractivity (Wildman–Crippen MR) is 74.7 cm³/mol. The van der Waals surface area contributed by atoms with Crippen molar-refractivity contribution < 1.29 is 13.3 Å². The molecule has 0 spiro atoms. The van der Waals surface area contributed by atoms with Gasteiger partial charge in [-0.3, -0.25) is 10.1 Å². The molecule has 1 saturated heterocycles. The molecule has 112 valence electrons. The van der Waals surface area contributed by atoms with Crippen molar-refractivity contribution in [1.29, 1.82) is 0 Å². The third-order valence-corrected chi connectivity index (χ3v) is 5.34. The molecule has 1 atom stereocenters. The summed E-state index contributed by atoms with van der Waals surface area (Å²) in [6, 6.07) is -0.410. The van der Waals surface area contributed by atoms with Gasteiger partial charge in [0, 0.05) is 6.42 Å². The molecule has 1 aliphatic heterocycles. The summed E-state index contributed by atoms with van der Waals surface area (Å²) >= 11 is 6.05. The minimum absolute atomic E-state index is 0.0628. The van der Waals surface area contributed by atoms with Crippen molar-refractivity contribution in [3.05, 3.63) is 21.0 Å². The van der Waals surface area contributed by atoms with Gasteiger partial charge in [-0.25, -0.2) is 13.1 Å². The molecule has 0 aliphatic carbocycles. The quantitative estimate of drug-likeness (QED) is 0.624. The van der Waals surface area contributed by atoms with Crippen molar-refractivity contribution >= 4 is 27.1 Å². The van der Waals surface area contributed by atoms with Crippen LogP contribution in [0.15, 0.2) is 0 Å². The Morgan fingerprint density at radius 1 is 1.55 bits per heavy atom. The van der Waals surface area contributed by atoms with E-state index in [-0.39, 0.29) is 28.3 Å². The van der Waals surface area contributed by atoms with Gasteiger partial charge in [0.2, 0.25) is 5.15 Å². The van der Waals surface area contributed by atoms with Crippen LogP contribution in [0.1, 0.15) is 32.0 Å². The largest absolute Gasteiger partial charge is 0.329 e. The molecule has 0 aromatic carbocycles. The van der Waals surface area contributed by atoms with Crippen LogP contribution in [0.2, 0.25) is 5.15 Å². The van der Waals surface area contributed by atoms with Gasteiger partial charge >= 0.3 is 5.69 Å². The Balaban J connectivity index is 2.42. The molecule has 0 amide bonds. The molecule has 0 radical (unpaired) electrons. The maximum atomic E-state index is 11.5. The Bertz CT molecular complexity index is 638. The van der Waals surface area contributed by atoms with Gasteiger partial charge in [-0.05, 0) is 12.3 Å². The van der Waals surface area contributed by atoms with Gasteiger partial charge in [0.05, 0.1) is 22.5 Å². The van der Waals surface area contributed by atoms with Crippen molar-refractivity contribution in [1.82, 2.24) is 9.78 Å². The molecule has 0 saturated carbocycles. The highest BCUT2D eigenvalue weighted by atomic mass is 35.5. The molecule has 0 bridgehead atoms. The second kappa shape index (κ2) is 5.33. The Morgan fingerprint density at radius 2 is 2.20 bits per heavy atom. The van der Waals surface area contributed by atoms with Crippen LogP contribution in [0, 0.1) is 16.0 Å². The molecule has 1 fully saturated rings. The Labute approximate surface area is 122 Å². The Kier molecular flexibility index (Phi) is 4.06. The molecule has 1 aromatic heterocycles. The number of hydrogen-bond donors (Lipinski definition) is 0. The lowest BCUT2D eigenvalue weighted by molar-refractivity contribution is -0.385. The molecule has 1 aromatic rings. The van der Waals surface area contributed by atoms with Gasteiger partial charge in [0.15, 0.2) is 9.84 Å². The smallest absolute Gasteiger partial charge is 0.258 e. The van der Waals surface area contributed by atoms with E-state index >= 15 is 0 Å². The summed E-state index contributed by atoms with van der Waals surface area (Å²) in [5.74, 6) is 0.203. The predicted octanol–water partition coefficient (Wildman–Crippen LogP) is 2.00. The van der Waals surface area contributed by atoms with Crippen LogP contribution in [-0.2, 0) is 16.3 Å². The van der Waals surface area contributed by atoms with Crippen molar-refractivity contribution in [3.8, 4) is 0 Å². The molecule has 9 heteroatoms. The molecule has 0 N–H and O–H groups in total. The van der Waals surface area contributed by atoms with Gasteiger partial charge in [-0.1, -0.05) is 25.4 Å². The zero-order chi connectivity index (χ0) is 15.1. The average molecular weight is 322 g/mol. The standard InChI is InChI=1S/C11H16ClN3O4S/c1-7(2)5-9-10(15(16)17)11(12)14(13-9)8-3-4-20(18,19)6-8/h7-8H,3-6H2,1-2H3. The van der Waals surface area contributed by atoms with E-state index in [0.717, 1.165) is 0 Å². The first-order valence-corrected chi connectivity index (χ1v) is 8.53. The summed E-state index contributed by atoms with van der Waals surface area (Å²) in [4.78, 5) is 10.6. The van der Waals surface area contributed by atoms with Gasteiger partial charge in [0.1, 0.15) is 5.69 Å². The van der Waals surface area contributed by atoms with E-state index in [0.29, 0.717) is 18.5 Å². The number of rotatable bonds is 4. The summed E-state index contributed by atoms with van der Waals surface area (Å²) < 4.78 is 24.3. The molecule has 2 rings (SSSR count). The fourth-order valence-corrected chi connectivity index (χ4v) is 4.41. The Morgan fingerprint density at radius 3 is 2.65 bits per heavy atom. The van der Waals surface area contributed by atoms with Gasteiger partial charge in [-0.15, -0.1) is 0 Å². The molecular weight excluding hydrogens is 306 g/mol. The number of nitrogens with zero attached hydrogens (tertiary/aromatic N) is 3. The minimum Gasteiger partial charge on any atom is -0.258 e. The second-order valence-electron chi connectivity index (χ2n) is 5.44. The summed E-state index contributed by atoms with van der Waals surface area (Å²) in [5, 5.41) is 15.3. The van der Waals surface area contributed by atoms with Gasteiger partial charge in [0.25, 0.3) is 0 Å². The van der Waals surface area contributed by atoms with Crippen LogP contribution >= 0.6 is 11.6 Å². The number of halogens is 1. The number of hydrogen-bond acceptors (Lipinski definition) is 5. The van der Waals surface area contributed by atoms with Crippen LogP contribution in [0.5, 0.6) is 0 Å². The lowest BCUT2D eigenvalue weighted by atomic mass is 10.1. The lowest BCUT2D eigenvalue weighted by Gasteiger charge is -2.08. The maximum Gasteiger partial charge on any atom is 0.329 e. The molecule has 2 heterocycles. The normalized spacial score (nSPS) is 21.5. The van der Waals surface area contributed by atoms with Gasteiger partial charge < -0.3 is 0 Å². The SMILES string of the molecule is CC(C)Cc1nn(C2CCS(=O)(=O)C2)c(Cl)c1[N+](=O)[O-]. The number of sulfone groups is 1. The van der Waals surface area contributed by atoms with E-state index in [1.807, 2.05) is 13.8 Å². The molecule has 1 aliphatic rings. The zero-order valence-corrected chi connectivity index (χ0v) is 12.8. The highest BCUT2D eigenvalue weighted by Gasteiger charge is 2.35. The molecule has 7 nitrogen and oxygen atoms in total. The van der Waals surface area contributed by atoms with E-state index in [2.05, 4.69) is 5.10 Å². The topological polar surface area (TPSA) is 95.1 Å². The maximum absolute atomic E-state index is 11.5. The molecular formula is C11H16ClN3O4S. The number of aromatic nitrogens is 2. The van der Waals surface area contributed by atoms with E-state index in [4.69, 9.17) is 11.6 Å². The van der Waals surface area contributed by atoms with E-state index in [1.165, 1.54) is 4.68 Å². The Hall–Kier alpha value is -1.15. The lowest BCUT2D eigenvalue weighted by Crippen LogP contribution is -2.13. The monoisotopic (exact) mass is 321 g/mol. The fourth-order valence-electron chi connectivity index (χ4n) is 2.36. The third kappa shape index (κ3) is 2.95. The minimum atomic E-state index is -3.10. The first kappa shape index (κ1) is 15.2. The summed E-state index contributed by atoms with van der Waals surface area (Å²) in [6.07, 6.45) is 0.824. The summed E-state index contributed by atoms with van der Waals surface area (Å²) in [7, 11) is -3.10. The van der Waals surface area contributed by atoms with Crippen LogP contribution in [0.25, 0.3) is 0 Å². The van der Waals surface area contributed by atoms with Crippen molar-refractivity contribution in [2.75, 3.05) is 11.5 Å². The van der Waals surface area contributed by atoms with Crippen LogP contribution in [-0.4, -0.2) is 34.6 Å². The summed E-state index contributed by atoms with van der Waals surface area (Å²) in [6.45, 7) is 3.85. The summed E-state index contributed by atoms with van der Waals surface area (Å²) in [5.41, 5.74) is 0.115. The number of nitro groups is 1. The molecule has 20 heavy (non-hydrogen) atoms. The first-order chi connectivity index (χ1) is 9.21. The zero-order valence-electron chi connectivity index (χ0n) is 11.2. The van der Waals surface area contributed by atoms with E-state index in [9.17, 15) is 18.5 Å². The highest BCUT2D eigenvalue weighted by molar-refractivity contribution is 7.91. The van der Waals surface area contributed by atoms with Crippen LogP contribution in [0.3, 0.4) is 0 Å². The van der Waals surface area contributed by atoms with E-state index in [1.54, 1.807) is 0 Å².